The Morgan fingerprint density at radius 2 is 2.11 bits per heavy atom. The normalized spacial score (nSPS) is 10.1. The largest absolute Gasteiger partial charge is 0.495 e. The molecule has 0 aliphatic heterocycles. The number of hydrogen-bond acceptors (Lipinski definition) is 3. The van der Waals surface area contributed by atoms with Crippen LogP contribution in [0.4, 0.5) is 0 Å². The van der Waals surface area contributed by atoms with Gasteiger partial charge in [0.25, 0.3) is 0 Å². The van der Waals surface area contributed by atoms with E-state index in [4.69, 9.17) is 16.3 Å². The summed E-state index contributed by atoms with van der Waals surface area (Å²) in [6.45, 7) is 0. The number of halogens is 1. The molecule has 0 unspecified atom stereocenters. The molecule has 4 heteroatoms. The lowest BCUT2D eigenvalue weighted by molar-refractivity contribution is 0.0992. The summed E-state index contributed by atoms with van der Waals surface area (Å²) >= 11 is 6.02. The third kappa shape index (κ3) is 2.87. The molecule has 1 aromatic carbocycles. The maximum absolute atomic E-state index is 12.1. The maximum atomic E-state index is 12.1. The van der Waals surface area contributed by atoms with E-state index in [-0.39, 0.29) is 12.2 Å². The first kappa shape index (κ1) is 12.6. The number of Topliss-reactive ketones (excluding diaryl/α,β-unsaturated/α-hetero) is 1. The molecule has 0 saturated heterocycles. The van der Waals surface area contributed by atoms with Crippen molar-refractivity contribution in [2.75, 3.05) is 7.11 Å². The van der Waals surface area contributed by atoms with Gasteiger partial charge in [-0.25, -0.2) is 0 Å². The fraction of sp³-hybridized carbons (Fsp3) is 0.143. The summed E-state index contributed by atoms with van der Waals surface area (Å²) in [5.74, 6) is 0.537. The number of rotatable bonds is 4. The van der Waals surface area contributed by atoms with Gasteiger partial charge >= 0.3 is 0 Å². The second kappa shape index (κ2) is 5.65. The molecule has 18 heavy (non-hydrogen) atoms. The van der Waals surface area contributed by atoms with Gasteiger partial charge in [-0.1, -0.05) is 29.8 Å². The minimum absolute atomic E-state index is 0.0329. The SMILES string of the molecule is COc1cncc(C(=O)Cc2ccccc2Cl)c1. The number of carbonyl (C=O) groups is 1. The van der Waals surface area contributed by atoms with Crippen LogP contribution in [0.3, 0.4) is 0 Å². The van der Waals surface area contributed by atoms with Crippen molar-refractivity contribution >= 4 is 17.4 Å². The predicted octanol–water partition coefficient (Wildman–Crippen LogP) is 3.17. The molecule has 0 fully saturated rings. The fourth-order valence-corrected chi connectivity index (χ4v) is 1.80. The van der Waals surface area contributed by atoms with E-state index in [1.165, 1.54) is 6.20 Å². The van der Waals surface area contributed by atoms with Gasteiger partial charge in [0.05, 0.1) is 13.3 Å². The van der Waals surface area contributed by atoms with Gasteiger partial charge in [-0.3, -0.25) is 9.78 Å². The van der Waals surface area contributed by atoms with Gasteiger partial charge < -0.3 is 4.74 Å². The lowest BCUT2D eigenvalue weighted by Gasteiger charge is -2.05. The molecule has 0 radical (unpaired) electrons. The van der Waals surface area contributed by atoms with Crippen LogP contribution in [0.5, 0.6) is 5.75 Å². The van der Waals surface area contributed by atoms with Crippen molar-refractivity contribution in [1.82, 2.24) is 4.98 Å². The van der Waals surface area contributed by atoms with Gasteiger partial charge in [-0.15, -0.1) is 0 Å². The Kier molecular flexibility index (Phi) is 3.95. The highest BCUT2D eigenvalue weighted by Crippen LogP contribution is 2.18. The van der Waals surface area contributed by atoms with Gasteiger partial charge in [-0.05, 0) is 17.7 Å². The molecule has 0 spiro atoms. The molecular weight excluding hydrogens is 250 g/mol. The molecule has 1 heterocycles. The van der Waals surface area contributed by atoms with Crippen LogP contribution < -0.4 is 4.74 Å². The molecule has 0 aliphatic rings. The number of benzene rings is 1. The zero-order valence-electron chi connectivity index (χ0n) is 9.89. The number of aromatic nitrogens is 1. The van der Waals surface area contributed by atoms with Crippen LogP contribution >= 0.6 is 11.6 Å². The average Bonchev–Trinajstić information content (AvgIpc) is 2.41. The number of pyridine rings is 1. The molecule has 0 amide bonds. The maximum Gasteiger partial charge on any atom is 0.168 e. The highest BCUT2D eigenvalue weighted by atomic mass is 35.5. The number of hydrogen-bond donors (Lipinski definition) is 0. The van der Waals surface area contributed by atoms with Crippen molar-refractivity contribution in [3.05, 3.63) is 58.9 Å². The van der Waals surface area contributed by atoms with Crippen molar-refractivity contribution < 1.29 is 9.53 Å². The molecule has 0 N–H and O–H groups in total. The molecule has 2 aromatic rings. The monoisotopic (exact) mass is 261 g/mol. The quantitative estimate of drug-likeness (QED) is 0.794. The summed E-state index contributed by atoms with van der Waals surface area (Å²) in [7, 11) is 1.54. The second-order valence-corrected chi connectivity index (χ2v) is 4.21. The minimum Gasteiger partial charge on any atom is -0.495 e. The number of ketones is 1. The fourth-order valence-electron chi connectivity index (χ4n) is 1.60. The van der Waals surface area contributed by atoms with E-state index in [1.54, 1.807) is 25.4 Å². The predicted molar refractivity (Wildman–Crippen MR) is 70.3 cm³/mol. The third-order valence-corrected chi connectivity index (χ3v) is 2.95. The number of ether oxygens (including phenoxy) is 1. The molecule has 2 rings (SSSR count). The van der Waals surface area contributed by atoms with Crippen molar-refractivity contribution in [3.8, 4) is 5.75 Å². The van der Waals surface area contributed by atoms with Crippen molar-refractivity contribution in [2.45, 2.75) is 6.42 Å². The molecule has 0 bridgehead atoms. The van der Waals surface area contributed by atoms with Crippen LogP contribution in [0.1, 0.15) is 15.9 Å². The van der Waals surface area contributed by atoms with Crippen LogP contribution in [-0.4, -0.2) is 17.9 Å². The smallest absolute Gasteiger partial charge is 0.168 e. The number of nitrogens with zero attached hydrogens (tertiary/aromatic N) is 1. The van der Waals surface area contributed by atoms with E-state index < -0.39 is 0 Å². The molecule has 0 aliphatic carbocycles. The van der Waals surface area contributed by atoms with E-state index >= 15 is 0 Å². The topological polar surface area (TPSA) is 39.2 Å². The van der Waals surface area contributed by atoms with E-state index in [0.29, 0.717) is 16.3 Å². The second-order valence-electron chi connectivity index (χ2n) is 3.80. The zero-order valence-corrected chi connectivity index (χ0v) is 10.6. The van der Waals surface area contributed by atoms with Gasteiger partial charge in [0.1, 0.15) is 5.75 Å². The number of carbonyl (C=O) groups excluding carboxylic acids is 1. The standard InChI is InChI=1S/C14H12ClNO2/c1-18-12-6-11(8-16-9-12)14(17)7-10-4-2-3-5-13(10)15/h2-6,8-9H,7H2,1H3. The molecule has 1 aromatic heterocycles. The Morgan fingerprint density at radius 1 is 1.33 bits per heavy atom. The van der Waals surface area contributed by atoms with Gasteiger partial charge in [0.15, 0.2) is 5.78 Å². The molecule has 0 atom stereocenters. The first-order valence-corrected chi connectivity index (χ1v) is 5.84. The first-order valence-electron chi connectivity index (χ1n) is 5.46. The Hall–Kier alpha value is -1.87. The van der Waals surface area contributed by atoms with E-state index in [2.05, 4.69) is 4.98 Å². The Bertz CT molecular complexity index is 569. The highest BCUT2D eigenvalue weighted by Gasteiger charge is 2.10. The van der Waals surface area contributed by atoms with Gasteiger partial charge in [0.2, 0.25) is 0 Å². The summed E-state index contributed by atoms with van der Waals surface area (Å²) < 4.78 is 5.04. The third-order valence-electron chi connectivity index (χ3n) is 2.58. The van der Waals surface area contributed by atoms with Crippen LogP contribution in [-0.2, 0) is 6.42 Å². The lowest BCUT2D eigenvalue weighted by Crippen LogP contribution is -2.04. The van der Waals surface area contributed by atoms with Gasteiger partial charge in [-0.2, -0.15) is 0 Å². The van der Waals surface area contributed by atoms with Gasteiger partial charge in [0, 0.05) is 23.2 Å². The van der Waals surface area contributed by atoms with E-state index in [0.717, 1.165) is 5.56 Å². The van der Waals surface area contributed by atoms with Crippen molar-refractivity contribution in [2.24, 2.45) is 0 Å². The molecule has 0 saturated carbocycles. The average molecular weight is 262 g/mol. The zero-order chi connectivity index (χ0) is 13.0. The number of methoxy groups -OCH3 is 1. The van der Waals surface area contributed by atoms with E-state index in [9.17, 15) is 4.79 Å². The Balaban J connectivity index is 2.19. The summed E-state index contributed by atoms with van der Waals surface area (Å²) in [5.41, 5.74) is 1.33. The van der Waals surface area contributed by atoms with E-state index in [1.807, 2.05) is 18.2 Å². The highest BCUT2D eigenvalue weighted by molar-refractivity contribution is 6.31. The van der Waals surface area contributed by atoms with Crippen LogP contribution in [0.15, 0.2) is 42.7 Å². The lowest BCUT2D eigenvalue weighted by atomic mass is 10.0. The van der Waals surface area contributed by atoms with Crippen LogP contribution in [0, 0.1) is 0 Å². The van der Waals surface area contributed by atoms with Crippen LogP contribution in [0.2, 0.25) is 5.02 Å². The van der Waals surface area contributed by atoms with Crippen LogP contribution in [0.25, 0.3) is 0 Å². The molecular formula is C14H12ClNO2. The minimum atomic E-state index is -0.0329. The van der Waals surface area contributed by atoms with Crippen molar-refractivity contribution in [1.29, 1.82) is 0 Å². The summed E-state index contributed by atoms with van der Waals surface area (Å²) in [6, 6.07) is 8.98. The Morgan fingerprint density at radius 3 is 2.83 bits per heavy atom. The molecule has 3 nitrogen and oxygen atoms in total. The van der Waals surface area contributed by atoms with Crippen molar-refractivity contribution in [3.63, 3.8) is 0 Å². The first-order chi connectivity index (χ1) is 8.70. The summed E-state index contributed by atoms with van der Waals surface area (Å²) in [6.07, 6.45) is 3.35. The molecule has 92 valence electrons. The Labute approximate surface area is 110 Å². The summed E-state index contributed by atoms with van der Waals surface area (Å²) in [5, 5.41) is 0.599. The summed E-state index contributed by atoms with van der Waals surface area (Å²) in [4.78, 5) is 16.0.